The van der Waals surface area contributed by atoms with Gasteiger partial charge in [0.25, 0.3) is 5.91 Å². The molecule has 0 bridgehead atoms. The normalized spacial score (nSPS) is 16.1. The highest BCUT2D eigenvalue weighted by atomic mass is 16.5. The highest BCUT2D eigenvalue weighted by Gasteiger charge is 2.22. The Kier molecular flexibility index (Phi) is 5.89. The molecule has 1 amide bonds. The summed E-state index contributed by atoms with van der Waals surface area (Å²) in [6.45, 7) is 5.50. The first kappa shape index (κ1) is 17.7. The van der Waals surface area contributed by atoms with Gasteiger partial charge in [-0.15, -0.1) is 0 Å². The van der Waals surface area contributed by atoms with Gasteiger partial charge in [0.1, 0.15) is 12.4 Å². The number of piperidine rings is 1. The van der Waals surface area contributed by atoms with Gasteiger partial charge in [-0.2, -0.15) is 0 Å². The van der Waals surface area contributed by atoms with Crippen LogP contribution in [0, 0.1) is 6.92 Å². The molecule has 1 aromatic carbocycles. The average molecular weight is 342 g/mol. The average Bonchev–Trinajstić information content (AvgIpc) is 3.08. The van der Waals surface area contributed by atoms with E-state index in [0.29, 0.717) is 18.1 Å². The van der Waals surface area contributed by atoms with Crippen molar-refractivity contribution >= 4 is 5.91 Å². The number of methoxy groups -OCH3 is 1. The molecule has 1 aliphatic rings. The fourth-order valence-electron chi connectivity index (χ4n) is 3.24. The van der Waals surface area contributed by atoms with E-state index < -0.39 is 0 Å². The van der Waals surface area contributed by atoms with E-state index in [0.717, 1.165) is 32.5 Å². The van der Waals surface area contributed by atoms with Gasteiger partial charge >= 0.3 is 0 Å². The molecule has 0 unspecified atom stereocenters. The number of nitrogens with one attached hydrogen (secondary N) is 1. The van der Waals surface area contributed by atoms with Crippen LogP contribution < -0.4 is 5.32 Å². The third-order valence-corrected chi connectivity index (χ3v) is 4.75. The van der Waals surface area contributed by atoms with Gasteiger partial charge in [0.15, 0.2) is 5.76 Å². The smallest absolute Gasteiger partial charge is 0.287 e. The molecule has 0 aliphatic carbocycles. The quantitative estimate of drug-likeness (QED) is 0.876. The van der Waals surface area contributed by atoms with Gasteiger partial charge in [0.2, 0.25) is 0 Å². The molecular weight excluding hydrogens is 316 g/mol. The summed E-state index contributed by atoms with van der Waals surface area (Å²) in [6.07, 6.45) is 1.92. The molecule has 3 rings (SSSR count). The molecule has 0 spiro atoms. The van der Waals surface area contributed by atoms with E-state index in [1.165, 1.54) is 11.1 Å². The molecule has 5 heteroatoms. The minimum Gasteiger partial charge on any atom is -0.453 e. The van der Waals surface area contributed by atoms with Gasteiger partial charge in [0, 0.05) is 32.8 Å². The topological polar surface area (TPSA) is 54.7 Å². The first-order valence-electron chi connectivity index (χ1n) is 8.81. The number of nitrogens with zero attached hydrogens (tertiary/aromatic N) is 1. The van der Waals surface area contributed by atoms with E-state index in [-0.39, 0.29) is 11.9 Å². The van der Waals surface area contributed by atoms with E-state index in [4.69, 9.17) is 9.15 Å². The summed E-state index contributed by atoms with van der Waals surface area (Å²) in [7, 11) is 1.60. The number of aryl methyl sites for hydroxylation is 1. The van der Waals surface area contributed by atoms with E-state index in [1.54, 1.807) is 19.2 Å². The minimum absolute atomic E-state index is 0.139. The van der Waals surface area contributed by atoms with E-state index in [1.807, 2.05) is 0 Å². The Morgan fingerprint density at radius 2 is 2.00 bits per heavy atom. The van der Waals surface area contributed by atoms with Gasteiger partial charge in [-0.3, -0.25) is 9.69 Å². The second kappa shape index (κ2) is 8.32. The first-order valence-corrected chi connectivity index (χ1v) is 8.81. The standard InChI is InChI=1S/C20H26N2O3/c1-15-5-3-4-6-16(15)13-22-11-9-17(10-12-22)21-20(23)19-8-7-18(25-19)14-24-2/h3-8,17H,9-14H2,1-2H3,(H,21,23). The highest BCUT2D eigenvalue weighted by Crippen LogP contribution is 2.17. The summed E-state index contributed by atoms with van der Waals surface area (Å²) >= 11 is 0. The number of likely N-dealkylation sites (tertiary alicyclic amines) is 1. The number of hydrogen-bond donors (Lipinski definition) is 1. The van der Waals surface area contributed by atoms with Crippen molar-refractivity contribution in [2.24, 2.45) is 0 Å². The van der Waals surface area contributed by atoms with Crippen molar-refractivity contribution in [3.63, 3.8) is 0 Å². The predicted molar refractivity (Wildman–Crippen MR) is 96.4 cm³/mol. The first-order chi connectivity index (χ1) is 12.2. The molecule has 1 saturated heterocycles. The van der Waals surface area contributed by atoms with Gasteiger partial charge in [-0.1, -0.05) is 24.3 Å². The zero-order valence-electron chi connectivity index (χ0n) is 15.0. The zero-order chi connectivity index (χ0) is 17.6. The number of carbonyl (C=O) groups excluding carboxylic acids is 1. The van der Waals surface area contributed by atoms with Crippen LogP contribution in [0.25, 0.3) is 0 Å². The van der Waals surface area contributed by atoms with E-state index in [9.17, 15) is 4.79 Å². The molecule has 1 N–H and O–H groups in total. The van der Waals surface area contributed by atoms with Crippen molar-refractivity contribution < 1.29 is 13.9 Å². The van der Waals surface area contributed by atoms with Crippen LogP contribution in [0.5, 0.6) is 0 Å². The summed E-state index contributed by atoms with van der Waals surface area (Å²) in [5.41, 5.74) is 2.72. The van der Waals surface area contributed by atoms with Crippen molar-refractivity contribution in [3.8, 4) is 0 Å². The van der Waals surface area contributed by atoms with Gasteiger partial charge in [-0.05, 0) is 43.0 Å². The maximum Gasteiger partial charge on any atom is 0.287 e. The molecule has 0 atom stereocenters. The maximum atomic E-state index is 12.3. The third kappa shape index (κ3) is 4.71. The van der Waals surface area contributed by atoms with Crippen LogP contribution in [0.15, 0.2) is 40.8 Å². The molecular formula is C20H26N2O3. The number of hydrogen-bond acceptors (Lipinski definition) is 4. The molecule has 2 aromatic rings. The van der Waals surface area contributed by atoms with Crippen LogP contribution in [0.4, 0.5) is 0 Å². The number of ether oxygens (including phenoxy) is 1. The van der Waals surface area contributed by atoms with Crippen LogP contribution in [0.2, 0.25) is 0 Å². The summed E-state index contributed by atoms with van der Waals surface area (Å²) in [5.74, 6) is 0.884. The molecule has 0 radical (unpaired) electrons. The lowest BCUT2D eigenvalue weighted by molar-refractivity contribution is 0.0872. The Balaban J connectivity index is 1.47. The lowest BCUT2D eigenvalue weighted by Crippen LogP contribution is -2.44. The molecule has 134 valence electrons. The summed E-state index contributed by atoms with van der Waals surface area (Å²) in [6, 6.07) is 12.2. The Morgan fingerprint density at radius 3 is 2.72 bits per heavy atom. The van der Waals surface area contributed by atoms with Crippen LogP contribution in [0.3, 0.4) is 0 Å². The Morgan fingerprint density at radius 1 is 1.24 bits per heavy atom. The van der Waals surface area contributed by atoms with E-state index in [2.05, 4.69) is 41.4 Å². The second-order valence-electron chi connectivity index (χ2n) is 6.65. The molecule has 5 nitrogen and oxygen atoms in total. The van der Waals surface area contributed by atoms with Crippen molar-refractivity contribution in [1.82, 2.24) is 10.2 Å². The molecule has 0 saturated carbocycles. The van der Waals surface area contributed by atoms with Crippen LogP contribution >= 0.6 is 0 Å². The molecule has 1 aliphatic heterocycles. The van der Waals surface area contributed by atoms with Gasteiger partial charge in [-0.25, -0.2) is 0 Å². The number of amides is 1. The van der Waals surface area contributed by atoms with Crippen LogP contribution in [-0.2, 0) is 17.9 Å². The second-order valence-corrected chi connectivity index (χ2v) is 6.65. The Bertz CT molecular complexity index is 702. The van der Waals surface area contributed by atoms with Gasteiger partial charge in [0.05, 0.1) is 0 Å². The largest absolute Gasteiger partial charge is 0.453 e. The van der Waals surface area contributed by atoms with Crippen molar-refractivity contribution in [3.05, 3.63) is 59.0 Å². The van der Waals surface area contributed by atoms with Crippen LogP contribution in [0.1, 0.15) is 40.3 Å². The number of carbonyl (C=O) groups is 1. The van der Waals surface area contributed by atoms with Crippen LogP contribution in [-0.4, -0.2) is 37.0 Å². The summed E-state index contributed by atoms with van der Waals surface area (Å²) < 4.78 is 10.5. The Labute approximate surface area is 149 Å². The van der Waals surface area contributed by atoms with E-state index >= 15 is 0 Å². The predicted octanol–water partition coefficient (Wildman–Crippen LogP) is 3.13. The minimum atomic E-state index is -0.139. The molecule has 1 fully saturated rings. The lowest BCUT2D eigenvalue weighted by atomic mass is 10.0. The lowest BCUT2D eigenvalue weighted by Gasteiger charge is -2.32. The zero-order valence-corrected chi connectivity index (χ0v) is 15.0. The van der Waals surface area contributed by atoms with Crippen molar-refractivity contribution in [2.45, 2.75) is 39.0 Å². The number of furan rings is 1. The summed E-state index contributed by atoms with van der Waals surface area (Å²) in [5, 5.41) is 3.09. The monoisotopic (exact) mass is 342 g/mol. The Hall–Kier alpha value is -2.11. The fraction of sp³-hybridized carbons (Fsp3) is 0.450. The number of rotatable bonds is 6. The number of benzene rings is 1. The molecule has 1 aromatic heterocycles. The van der Waals surface area contributed by atoms with Crippen molar-refractivity contribution in [1.29, 1.82) is 0 Å². The molecule has 25 heavy (non-hydrogen) atoms. The summed E-state index contributed by atoms with van der Waals surface area (Å²) in [4.78, 5) is 14.7. The molecule has 2 heterocycles. The van der Waals surface area contributed by atoms with Gasteiger partial charge < -0.3 is 14.5 Å². The van der Waals surface area contributed by atoms with Crippen molar-refractivity contribution in [2.75, 3.05) is 20.2 Å². The SMILES string of the molecule is COCc1ccc(C(=O)NC2CCN(Cc3ccccc3C)CC2)o1. The fourth-order valence-corrected chi connectivity index (χ4v) is 3.24. The maximum absolute atomic E-state index is 12.3. The highest BCUT2D eigenvalue weighted by molar-refractivity contribution is 5.91. The third-order valence-electron chi connectivity index (χ3n) is 4.75.